The number of hydrogen-bond donors (Lipinski definition) is 1. The van der Waals surface area contributed by atoms with Gasteiger partial charge in [0.1, 0.15) is 48.5 Å². The molecule has 4 saturated heterocycles. The highest BCUT2D eigenvalue weighted by atomic mass is 16.8. The van der Waals surface area contributed by atoms with E-state index in [-0.39, 0.29) is 26.4 Å². The molecule has 2 unspecified atom stereocenters. The van der Waals surface area contributed by atoms with Crippen molar-refractivity contribution in [2.75, 3.05) is 20.3 Å². The SMILES string of the molecule is COc1ccc(CO[C@@H]2[C@H](OC(O)[C@@H]3OC(C)(C)O[C@H]3[C@H]3COC(C)(C)O3)O[C@@H]3COC(c4ccccc4)O[C@H]3[C@@H]2OCc2ccccc2)cc1. The highest BCUT2D eigenvalue weighted by Crippen LogP contribution is 2.40. The van der Waals surface area contributed by atoms with E-state index in [1.165, 1.54) is 0 Å². The molecular formula is C39H48O12. The number of benzene rings is 3. The maximum atomic E-state index is 11.8. The fraction of sp³-hybridized carbons (Fsp3) is 0.538. The number of aliphatic hydroxyl groups is 1. The molecule has 3 aromatic rings. The third-order valence-corrected chi connectivity index (χ3v) is 9.36. The Bertz CT molecular complexity index is 1540. The lowest BCUT2D eigenvalue weighted by molar-refractivity contribution is -0.391. The minimum atomic E-state index is -1.50. The first kappa shape index (κ1) is 36.4. The Morgan fingerprint density at radius 2 is 1.37 bits per heavy atom. The largest absolute Gasteiger partial charge is 0.497 e. The molecule has 0 spiro atoms. The Morgan fingerprint density at radius 3 is 2.04 bits per heavy atom. The molecule has 0 radical (unpaired) electrons. The van der Waals surface area contributed by atoms with Gasteiger partial charge in [-0.05, 0) is 51.0 Å². The Morgan fingerprint density at radius 1 is 0.706 bits per heavy atom. The summed E-state index contributed by atoms with van der Waals surface area (Å²) in [5.74, 6) is -1.09. The number of rotatable bonds is 12. The molecule has 4 fully saturated rings. The quantitative estimate of drug-likeness (QED) is 0.255. The van der Waals surface area contributed by atoms with Crippen LogP contribution >= 0.6 is 0 Å². The van der Waals surface area contributed by atoms with E-state index < -0.39 is 73.2 Å². The molecule has 51 heavy (non-hydrogen) atoms. The second kappa shape index (κ2) is 15.6. The smallest absolute Gasteiger partial charge is 0.190 e. The van der Waals surface area contributed by atoms with Gasteiger partial charge in [-0.1, -0.05) is 72.8 Å². The van der Waals surface area contributed by atoms with Crippen LogP contribution in [-0.2, 0) is 60.6 Å². The minimum absolute atomic E-state index is 0.191. The molecule has 12 nitrogen and oxygen atoms in total. The predicted octanol–water partition coefficient (Wildman–Crippen LogP) is 5.01. The van der Waals surface area contributed by atoms with Gasteiger partial charge in [-0.15, -0.1) is 0 Å². The van der Waals surface area contributed by atoms with Crippen molar-refractivity contribution in [1.29, 1.82) is 0 Å². The first-order valence-corrected chi connectivity index (χ1v) is 17.5. The van der Waals surface area contributed by atoms with Crippen LogP contribution in [0.2, 0.25) is 0 Å². The molecule has 10 atom stereocenters. The number of hydrogen-bond acceptors (Lipinski definition) is 12. The summed E-state index contributed by atoms with van der Waals surface area (Å²) < 4.78 is 68.8. The predicted molar refractivity (Wildman–Crippen MR) is 181 cm³/mol. The monoisotopic (exact) mass is 708 g/mol. The van der Waals surface area contributed by atoms with E-state index in [9.17, 15) is 5.11 Å². The van der Waals surface area contributed by atoms with E-state index in [1.54, 1.807) is 21.0 Å². The van der Waals surface area contributed by atoms with E-state index in [0.29, 0.717) is 0 Å². The number of methoxy groups -OCH3 is 1. The van der Waals surface area contributed by atoms with Gasteiger partial charge < -0.3 is 57.2 Å². The van der Waals surface area contributed by atoms with Crippen LogP contribution in [0.1, 0.15) is 50.7 Å². The molecule has 4 aliphatic heterocycles. The molecule has 0 amide bonds. The maximum Gasteiger partial charge on any atom is 0.190 e. The van der Waals surface area contributed by atoms with Gasteiger partial charge in [-0.25, -0.2) is 0 Å². The summed E-state index contributed by atoms with van der Waals surface area (Å²) >= 11 is 0. The fourth-order valence-corrected chi connectivity index (χ4v) is 6.90. The van der Waals surface area contributed by atoms with Crippen molar-refractivity contribution in [2.45, 2.75) is 114 Å². The highest BCUT2D eigenvalue weighted by molar-refractivity contribution is 5.26. The Hall–Kier alpha value is -2.98. The summed E-state index contributed by atoms with van der Waals surface area (Å²) in [5, 5.41) is 11.8. The molecule has 12 heteroatoms. The van der Waals surface area contributed by atoms with Gasteiger partial charge in [0.05, 0.1) is 33.5 Å². The lowest BCUT2D eigenvalue weighted by Gasteiger charge is -2.49. The van der Waals surface area contributed by atoms with Gasteiger partial charge >= 0.3 is 0 Å². The second-order valence-electron chi connectivity index (χ2n) is 14.1. The van der Waals surface area contributed by atoms with Crippen LogP contribution in [0.25, 0.3) is 0 Å². The zero-order valence-corrected chi connectivity index (χ0v) is 29.6. The summed E-state index contributed by atoms with van der Waals surface area (Å²) in [6, 6.07) is 27.2. The lowest BCUT2D eigenvalue weighted by Crippen LogP contribution is -2.64. The van der Waals surface area contributed by atoms with Gasteiger partial charge in [-0.2, -0.15) is 0 Å². The van der Waals surface area contributed by atoms with Crippen molar-refractivity contribution >= 4 is 0 Å². The molecule has 7 rings (SSSR count). The summed E-state index contributed by atoms with van der Waals surface area (Å²) in [4.78, 5) is 0. The van der Waals surface area contributed by atoms with Crippen molar-refractivity contribution < 1.29 is 57.2 Å². The molecule has 0 aromatic heterocycles. The third kappa shape index (κ3) is 8.64. The maximum absolute atomic E-state index is 11.8. The first-order chi connectivity index (χ1) is 24.6. The molecule has 0 saturated carbocycles. The van der Waals surface area contributed by atoms with Gasteiger partial charge in [0.15, 0.2) is 30.4 Å². The van der Waals surface area contributed by atoms with Gasteiger partial charge in [-0.3, -0.25) is 0 Å². The normalized spacial score (nSPS) is 33.4. The molecule has 4 aliphatic rings. The van der Waals surface area contributed by atoms with Crippen molar-refractivity contribution in [3.8, 4) is 5.75 Å². The van der Waals surface area contributed by atoms with E-state index in [1.807, 2.05) is 98.8 Å². The number of fused-ring (bicyclic) bond motifs is 1. The second-order valence-corrected chi connectivity index (χ2v) is 14.1. The van der Waals surface area contributed by atoms with Crippen LogP contribution < -0.4 is 4.74 Å². The Labute approximate surface area is 298 Å². The van der Waals surface area contributed by atoms with Crippen LogP contribution in [-0.4, -0.2) is 92.3 Å². The van der Waals surface area contributed by atoms with Crippen LogP contribution in [0.15, 0.2) is 84.9 Å². The van der Waals surface area contributed by atoms with Crippen LogP contribution in [0.4, 0.5) is 0 Å². The van der Waals surface area contributed by atoms with Crippen molar-refractivity contribution in [1.82, 2.24) is 0 Å². The van der Waals surface area contributed by atoms with E-state index in [4.69, 9.17) is 52.1 Å². The molecule has 276 valence electrons. The van der Waals surface area contributed by atoms with Crippen LogP contribution in [0.5, 0.6) is 5.75 Å². The van der Waals surface area contributed by atoms with Gasteiger partial charge in [0.25, 0.3) is 0 Å². The minimum Gasteiger partial charge on any atom is -0.497 e. The third-order valence-electron chi connectivity index (χ3n) is 9.36. The lowest BCUT2D eigenvalue weighted by atomic mass is 9.96. The Kier molecular flexibility index (Phi) is 11.1. The molecule has 3 aromatic carbocycles. The molecule has 4 heterocycles. The van der Waals surface area contributed by atoms with E-state index >= 15 is 0 Å². The zero-order valence-electron chi connectivity index (χ0n) is 29.6. The van der Waals surface area contributed by atoms with Crippen LogP contribution in [0, 0.1) is 0 Å². The van der Waals surface area contributed by atoms with Crippen molar-refractivity contribution in [3.05, 3.63) is 102 Å². The first-order valence-electron chi connectivity index (χ1n) is 17.5. The van der Waals surface area contributed by atoms with E-state index in [2.05, 4.69) is 0 Å². The molecule has 0 bridgehead atoms. The van der Waals surface area contributed by atoms with Gasteiger partial charge in [0, 0.05) is 5.56 Å². The summed E-state index contributed by atoms with van der Waals surface area (Å²) in [5.41, 5.74) is 2.74. The summed E-state index contributed by atoms with van der Waals surface area (Å²) in [6.07, 6.45) is -8.16. The topological polar surface area (TPSA) is 122 Å². The Balaban J connectivity index is 1.17. The van der Waals surface area contributed by atoms with Crippen LogP contribution in [0.3, 0.4) is 0 Å². The summed E-state index contributed by atoms with van der Waals surface area (Å²) in [6.45, 7) is 8.15. The molecular weight excluding hydrogens is 660 g/mol. The standard InChI is InChI=1S/C39H48O12/c1-38(2)45-23-29(49-38)31-33(51-39(3,4)50-31)35(40)48-37-34(43-21-25-16-18-27(41-5)19-17-25)32(42-20-24-12-8-6-9-13-24)30-28(46-37)22-44-36(47-30)26-14-10-7-11-15-26/h6-19,28-37,40H,20-23H2,1-5H3/t28-,29-,30-,31+,32+,33-,34+,35?,36?,37+/m1/s1. The molecule has 1 N–H and O–H groups in total. The van der Waals surface area contributed by atoms with Crippen molar-refractivity contribution in [2.24, 2.45) is 0 Å². The van der Waals surface area contributed by atoms with Crippen molar-refractivity contribution in [3.63, 3.8) is 0 Å². The highest BCUT2D eigenvalue weighted by Gasteiger charge is 2.56. The fourth-order valence-electron chi connectivity index (χ4n) is 6.90. The van der Waals surface area contributed by atoms with E-state index in [0.717, 1.165) is 22.4 Å². The number of aliphatic hydroxyl groups excluding tert-OH is 1. The number of ether oxygens (including phenoxy) is 11. The zero-order chi connectivity index (χ0) is 35.6. The average molecular weight is 709 g/mol. The van der Waals surface area contributed by atoms with Gasteiger partial charge in [0.2, 0.25) is 0 Å². The average Bonchev–Trinajstić information content (AvgIpc) is 3.68. The molecule has 0 aliphatic carbocycles. The summed E-state index contributed by atoms with van der Waals surface area (Å²) in [7, 11) is 1.62.